The molecule has 4 aliphatic heterocycles. The van der Waals surface area contributed by atoms with Crippen molar-refractivity contribution in [3.8, 4) is 0 Å². The SMILES string of the molecule is C=C1C[C@H](C)C[C@@H]2CC=C[C@@H](C/C=C\C(=O)N[C@H]([C@H](/C=C/[C@@H]3CC(C)=CCO3)OC)C[C@H]3O[C@H]3[C@@H](O)C1)O2. The van der Waals surface area contributed by atoms with Crippen LogP contribution in [0.1, 0.15) is 58.8 Å². The van der Waals surface area contributed by atoms with Gasteiger partial charge in [-0.15, -0.1) is 0 Å². The Morgan fingerprint density at radius 1 is 1.18 bits per heavy atom. The van der Waals surface area contributed by atoms with Crippen LogP contribution in [0, 0.1) is 5.92 Å². The molecule has 4 heterocycles. The van der Waals surface area contributed by atoms with Crippen LogP contribution in [0.25, 0.3) is 0 Å². The molecule has 0 aliphatic carbocycles. The summed E-state index contributed by atoms with van der Waals surface area (Å²) in [4.78, 5) is 12.9. The van der Waals surface area contributed by atoms with E-state index in [1.54, 1.807) is 13.2 Å². The Morgan fingerprint density at radius 3 is 2.82 bits per heavy atom. The molecule has 2 bridgehead atoms. The summed E-state index contributed by atoms with van der Waals surface area (Å²) in [6.07, 6.45) is 17.7. The molecular weight excluding hydrogens is 482 g/mol. The lowest BCUT2D eigenvalue weighted by Gasteiger charge is -2.28. The second kappa shape index (κ2) is 13.9. The van der Waals surface area contributed by atoms with E-state index in [9.17, 15) is 9.90 Å². The summed E-state index contributed by atoms with van der Waals surface area (Å²) in [5.74, 6) is 0.226. The maximum absolute atomic E-state index is 12.9. The van der Waals surface area contributed by atoms with E-state index in [2.05, 4.69) is 44.0 Å². The first-order chi connectivity index (χ1) is 18.3. The number of rotatable bonds is 4. The van der Waals surface area contributed by atoms with E-state index in [1.165, 1.54) is 5.57 Å². The van der Waals surface area contributed by atoms with Crippen LogP contribution in [0.2, 0.25) is 0 Å². The zero-order valence-corrected chi connectivity index (χ0v) is 23.1. The second-order valence-electron chi connectivity index (χ2n) is 11.4. The van der Waals surface area contributed by atoms with Crippen LogP contribution in [0.5, 0.6) is 0 Å². The number of epoxide rings is 1. The van der Waals surface area contributed by atoms with Gasteiger partial charge in [0.25, 0.3) is 0 Å². The minimum Gasteiger partial charge on any atom is -0.390 e. The highest BCUT2D eigenvalue weighted by Crippen LogP contribution is 2.34. The third kappa shape index (κ3) is 8.75. The number of hydrogen-bond acceptors (Lipinski definition) is 6. The molecule has 7 nitrogen and oxygen atoms in total. The van der Waals surface area contributed by atoms with Crippen molar-refractivity contribution in [1.82, 2.24) is 5.32 Å². The molecule has 0 aromatic rings. The maximum atomic E-state index is 12.9. The highest BCUT2D eigenvalue weighted by molar-refractivity contribution is 5.87. The van der Waals surface area contributed by atoms with Gasteiger partial charge in [0.15, 0.2) is 0 Å². The van der Waals surface area contributed by atoms with Crippen LogP contribution in [-0.4, -0.2) is 73.5 Å². The summed E-state index contributed by atoms with van der Waals surface area (Å²) in [5, 5.41) is 14.0. The quantitative estimate of drug-likeness (QED) is 0.418. The van der Waals surface area contributed by atoms with Crippen LogP contribution < -0.4 is 5.32 Å². The number of carbonyl (C=O) groups excluding carboxylic acids is 1. The standard InChI is InChI=1S/C31H45NO6/c1-20-13-14-36-24(16-20)11-12-28(35-4)26-19-29-31(38-29)27(33)18-22(3)15-21(2)17-25-9-5-7-23(37-25)8-6-10-30(34)32-26/h5-7,10-13,21,23-29,31,33H,3,8-9,14-19H2,1-2,4H3,(H,32,34)/b10-6-,12-11+/t21-,23-,24+,25-,26-,27-,28-,29+,31-/m0/s1. The van der Waals surface area contributed by atoms with E-state index in [4.69, 9.17) is 18.9 Å². The van der Waals surface area contributed by atoms with Gasteiger partial charge in [-0.2, -0.15) is 0 Å². The van der Waals surface area contributed by atoms with Crippen molar-refractivity contribution in [3.63, 3.8) is 0 Å². The number of methoxy groups -OCH3 is 1. The molecule has 0 aromatic heterocycles. The van der Waals surface area contributed by atoms with Gasteiger partial charge in [0.05, 0.1) is 49.3 Å². The summed E-state index contributed by atoms with van der Waals surface area (Å²) >= 11 is 0. The minimum atomic E-state index is -0.616. The lowest BCUT2D eigenvalue weighted by atomic mass is 9.90. The Morgan fingerprint density at radius 2 is 2.03 bits per heavy atom. The number of aliphatic hydroxyl groups excluding tert-OH is 1. The fraction of sp³-hybridized carbons (Fsp3) is 0.645. The second-order valence-corrected chi connectivity index (χ2v) is 11.4. The molecule has 0 radical (unpaired) electrons. The summed E-state index contributed by atoms with van der Waals surface area (Å²) in [6, 6.07) is -0.326. The van der Waals surface area contributed by atoms with Gasteiger partial charge in [-0.1, -0.05) is 61.1 Å². The van der Waals surface area contributed by atoms with Gasteiger partial charge < -0.3 is 29.4 Å². The highest BCUT2D eigenvalue weighted by Gasteiger charge is 2.46. The zero-order valence-electron chi connectivity index (χ0n) is 23.1. The molecule has 0 spiro atoms. The molecule has 1 amide bonds. The molecule has 9 atom stereocenters. The Bertz CT molecular complexity index is 939. The summed E-state index contributed by atoms with van der Waals surface area (Å²) in [6.45, 7) is 9.16. The van der Waals surface area contributed by atoms with E-state index in [0.717, 1.165) is 31.3 Å². The Hall–Kier alpha value is -2.03. The van der Waals surface area contributed by atoms with Gasteiger partial charge in [0, 0.05) is 7.11 Å². The monoisotopic (exact) mass is 527 g/mol. The van der Waals surface area contributed by atoms with E-state index in [0.29, 0.717) is 31.8 Å². The Balaban J connectivity index is 1.47. The van der Waals surface area contributed by atoms with Crippen LogP contribution in [0.3, 0.4) is 0 Å². The van der Waals surface area contributed by atoms with E-state index in [-0.39, 0.29) is 48.6 Å². The maximum Gasteiger partial charge on any atom is 0.243 e. The van der Waals surface area contributed by atoms with Crippen molar-refractivity contribution in [2.24, 2.45) is 5.92 Å². The minimum absolute atomic E-state index is 0.0139. The van der Waals surface area contributed by atoms with Crippen LogP contribution in [0.15, 0.2) is 60.3 Å². The Kier molecular flexibility index (Phi) is 10.6. The molecule has 1 fully saturated rings. The Labute approximate surface area is 227 Å². The third-order valence-electron chi connectivity index (χ3n) is 7.82. The fourth-order valence-corrected chi connectivity index (χ4v) is 5.79. The number of aliphatic hydroxyl groups is 1. The topological polar surface area (TPSA) is 89.6 Å². The van der Waals surface area contributed by atoms with Gasteiger partial charge >= 0.3 is 0 Å². The molecule has 210 valence electrons. The number of fused-ring (bicyclic) bond motifs is 3. The van der Waals surface area contributed by atoms with Gasteiger partial charge in [-0.3, -0.25) is 4.79 Å². The predicted molar refractivity (Wildman–Crippen MR) is 148 cm³/mol. The molecule has 7 heteroatoms. The van der Waals surface area contributed by atoms with Gasteiger partial charge in [0.1, 0.15) is 6.10 Å². The van der Waals surface area contributed by atoms with E-state index in [1.807, 2.05) is 18.2 Å². The predicted octanol–water partition coefficient (Wildman–Crippen LogP) is 4.33. The fourth-order valence-electron chi connectivity index (χ4n) is 5.79. The van der Waals surface area contributed by atoms with Crippen molar-refractivity contribution < 1.29 is 28.8 Å². The molecule has 1 saturated heterocycles. The van der Waals surface area contributed by atoms with E-state index >= 15 is 0 Å². The molecule has 2 N–H and O–H groups in total. The van der Waals surface area contributed by atoms with Crippen LogP contribution in [-0.2, 0) is 23.7 Å². The number of nitrogens with one attached hydrogen (secondary N) is 1. The molecule has 0 aromatic carbocycles. The van der Waals surface area contributed by atoms with Crippen molar-refractivity contribution in [2.75, 3.05) is 13.7 Å². The lowest BCUT2D eigenvalue weighted by Crippen LogP contribution is -2.44. The van der Waals surface area contributed by atoms with Crippen molar-refractivity contribution in [1.29, 1.82) is 0 Å². The first-order valence-corrected chi connectivity index (χ1v) is 14.1. The smallest absolute Gasteiger partial charge is 0.243 e. The third-order valence-corrected chi connectivity index (χ3v) is 7.82. The van der Waals surface area contributed by atoms with Crippen LogP contribution in [0.4, 0.5) is 0 Å². The molecule has 0 unspecified atom stereocenters. The van der Waals surface area contributed by atoms with E-state index < -0.39 is 6.10 Å². The van der Waals surface area contributed by atoms with Crippen molar-refractivity contribution in [2.45, 2.75) is 108 Å². The molecule has 4 rings (SSSR count). The average molecular weight is 528 g/mol. The van der Waals surface area contributed by atoms with Gasteiger partial charge in [-0.25, -0.2) is 0 Å². The molecule has 38 heavy (non-hydrogen) atoms. The largest absolute Gasteiger partial charge is 0.390 e. The molecule has 4 aliphatic rings. The molecule has 0 saturated carbocycles. The summed E-state index contributed by atoms with van der Waals surface area (Å²) in [7, 11) is 1.64. The number of ether oxygens (including phenoxy) is 4. The normalized spacial score (nSPS) is 38.9. The van der Waals surface area contributed by atoms with Gasteiger partial charge in [-0.05, 0) is 63.9 Å². The highest BCUT2D eigenvalue weighted by atomic mass is 16.6. The first kappa shape index (κ1) is 29.0. The number of hydrogen-bond donors (Lipinski definition) is 2. The number of carbonyl (C=O) groups is 1. The number of amides is 1. The first-order valence-electron chi connectivity index (χ1n) is 14.1. The zero-order chi connectivity index (χ0) is 27.1. The van der Waals surface area contributed by atoms with Gasteiger partial charge in [0.2, 0.25) is 5.91 Å². The van der Waals surface area contributed by atoms with Crippen molar-refractivity contribution in [3.05, 3.63) is 60.3 Å². The summed E-state index contributed by atoms with van der Waals surface area (Å²) < 4.78 is 23.8. The van der Waals surface area contributed by atoms with Crippen molar-refractivity contribution >= 4 is 5.91 Å². The lowest BCUT2D eigenvalue weighted by molar-refractivity contribution is -0.118. The molecular formula is C31H45NO6. The van der Waals surface area contributed by atoms with Crippen LogP contribution >= 0.6 is 0 Å². The summed E-state index contributed by atoms with van der Waals surface area (Å²) in [5.41, 5.74) is 2.34. The average Bonchev–Trinajstić information content (AvgIpc) is 3.63.